The molecule has 112 valence electrons. The summed E-state index contributed by atoms with van der Waals surface area (Å²) in [6.07, 6.45) is 1.48. The number of carbonyl (C=O) groups is 1. The molecule has 0 saturated carbocycles. The van der Waals surface area contributed by atoms with Crippen molar-refractivity contribution in [3.63, 3.8) is 0 Å². The van der Waals surface area contributed by atoms with Crippen molar-refractivity contribution in [2.45, 2.75) is 33.4 Å². The van der Waals surface area contributed by atoms with Crippen LogP contribution in [-0.2, 0) is 6.54 Å². The topological polar surface area (TPSA) is 71.8 Å². The SMILES string of the molecule is CCn1ncnc1[C@@H](C)NC(=O)Nc1ccc(Cl)c(C)c1. The largest absolute Gasteiger partial charge is 0.328 e. The molecule has 2 rings (SSSR count). The first-order valence-electron chi connectivity index (χ1n) is 6.72. The van der Waals surface area contributed by atoms with Crippen molar-refractivity contribution in [1.82, 2.24) is 20.1 Å². The molecule has 1 aromatic heterocycles. The van der Waals surface area contributed by atoms with E-state index in [9.17, 15) is 4.79 Å². The first kappa shape index (κ1) is 15.3. The van der Waals surface area contributed by atoms with Crippen LogP contribution in [0.1, 0.15) is 31.3 Å². The van der Waals surface area contributed by atoms with Crippen molar-refractivity contribution in [2.24, 2.45) is 0 Å². The Labute approximate surface area is 128 Å². The fourth-order valence-electron chi connectivity index (χ4n) is 2.00. The van der Waals surface area contributed by atoms with Crippen molar-refractivity contribution in [3.8, 4) is 0 Å². The average molecular weight is 308 g/mol. The summed E-state index contributed by atoms with van der Waals surface area (Å²) in [7, 11) is 0. The van der Waals surface area contributed by atoms with Gasteiger partial charge in [0.1, 0.15) is 12.2 Å². The number of rotatable bonds is 4. The minimum absolute atomic E-state index is 0.235. The molecule has 6 nitrogen and oxygen atoms in total. The van der Waals surface area contributed by atoms with Gasteiger partial charge < -0.3 is 10.6 Å². The predicted molar refractivity (Wildman–Crippen MR) is 82.5 cm³/mol. The summed E-state index contributed by atoms with van der Waals surface area (Å²) in [4.78, 5) is 16.2. The first-order chi connectivity index (χ1) is 10.0. The Morgan fingerprint density at radius 1 is 1.48 bits per heavy atom. The van der Waals surface area contributed by atoms with Gasteiger partial charge in [0.15, 0.2) is 0 Å². The fraction of sp³-hybridized carbons (Fsp3) is 0.357. The van der Waals surface area contributed by atoms with Crippen molar-refractivity contribution < 1.29 is 4.79 Å². The molecule has 0 radical (unpaired) electrons. The van der Waals surface area contributed by atoms with Gasteiger partial charge in [-0.3, -0.25) is 0 Å². The highest BCUT2D eigenvalue weighted by Gasteiger charge is 2.15. The molecule has 2 N–H and O–H groups in total. The Bertz CT molecular complexity index is 640. The monoisotopic (exact) mass is 307 g/mol. The van der Waals surface area contributed by atoms with E-state index in [4.69, 9.17) is 11.6 Å². The van der Waals surface area contributed by atoms with Gasteiger partial charge in [0.05, 0.1) is 6.04 Å². The molecule has 0 bridgehead atoms. The third-order valence-electron chi connectivity index (χ3n) is 3.10. The Morgan fingerprint density at radius 3 is 2.90 bits per heavy atom. The number of hydrogen-bond acceptors (Lipinski definition) is 3. The Kier molecular flexibility index (Phi) is 4.80. The second kappa shape index (κ2) is 6.58. The van der Waals surface area contributed by atoms with Crippen LogP contribution < -0.4 is 10.6 Å². The second-order valence-electron chi connectivity index (χ2n) is 4.72. The van der Waals surface area contributed by atoms with E-state index >= 15 is 0 Å². The number of halogens is 1. The lowest BCUT2D eigenvalue weighted by Gasteiger charge is -2.15. The van der Waals surface area contributed by atoms with Crippen LogP contribution in [0.5, 0.6) is 0 Å². The summed E-state index contributed by atoms with van der Waals surface area (Å²) >= 11 is 5.96. The molecule has 0 aliphatic rings. The quantitative estimate of drug-likeness (QED) is 0.911. The molecule has 2 aromatic rings. The average Bonchev–Trinajstić information content (AvgIpc) is 2.91. The van der Waals surface area contributed by atoms with E-state index in [0.717, 1.165) is 11.4 Å². The maximum Gasteiger partial charge on any atom is 0.319 e. The van der Waals surface area contributed by atoms with Crippen LogP contribution in [0.15, 0.2) is 24.5 Å². The van der Waals surface area contributed by atoms with E-state index in [2.05, 4.69) is 20.7 Å². The lowest BCUT2D eigenvalue weighted by atomic mass is 10.2. The molecule has 1 aromatic carbocycles. The van der Waals surface area contributed by atoms with Gasteiger partial charge in [-0.05, 0) is 44.5 Å². The zero-order valence-electron chi connectivity index (χ0n) is 12.2. The van der Waals surface area contributed by atoms with Crippen molar-refractivity contribution in [3.05, 3.63) is 40.9 Å². The summed E-state index contributed by atoms with van der Waals surface area (Å²) in [5.74, 6) is 0.722. The van der Waals surface area contributed by atoms with Crippen LogP contribution in [0.4, 0.5) is 10.5 Å². The highest BCUT2D eigenvalue weighted by atomic mass is 35.5. The van der Waals surface area contributed by atoms with Crippen LogP contribution in [0.3, 0.4) is 0 Å². The minimum atomic E-state index is -0.296. The fourth-order valence-corrected chi connectivity index (χ4v) is 2.12. The van der Waals surface area contributed by atoms with E-state index in [-0.39, 0.29) is 12.1 Å². The van der Waals surface area contributed by atoms with Gasteiger partial charge in [0, 0.05) is 17.3 Å². The van der Waals surface area contributed by atoms with Gasteiger partial charge in [0.2, 0.25) is 0 Å². The van der Waals surface area contributed by atoms with E-state index in [1.54, 1.807) is 16.8 Å². The first-order valence-corrected chi connectivity index (χ1v) is 7.10. The summed E-state index contributed by atoms with van der Waals surface area (Å²) in [5.41, 5.74) is 1.60. The normalized spacial score (nSPS) is 12.0. The van der Waals surface area contributed by atoms with Crippen LogP contribution in [-0.4, -0.2) is 20.8 Å². The molecule has 0 fully saturated rings. The van der Waals surface area contributed by atoms with Gasteiger partial charge in [-0.15, -0.1) is 0 Å². The number of aromatic nitrogens is 3. The highest BCUT2D eigenvalue weighted by molar-refractivity contribution is 6.31. The standard InChI is InChI=1S/C14H18ClN5O/c1-4-20-13(16-8-17-20)10(3)18-14(21)19-11-5-6-12(15)9(2)7-11/h5-8,10H,4H2,1-3H3,(H2,18,19,21)/t10-/m1/s1. The van der Waals surface area contributed by atoms with E-state index in [0.29, 0.717) is 17.3 Å². The maximum atomic E-state index is 12.0. The highest BCUT2D eigenvalue weighted by Crippen LogP contribution is 2.19. The molecule has 0 aliphatic heterocycles. The number of carbonyl (C=O) groups excluding carboxylic acids is 1. The number of nitrogens with one attached hydrogen (secondary N) is 2. The van der Waals surface area contributed by atoms with E-state index in [1.165, 1.54) is 6.33 Å². The van der Waals surface area contributed by atoms with Crippen molar-refractivity contribution in [2.75, 3.05) is 5.32 Å². The second-order valence-corrected chi connectivity index (χ2v) is 5.13. The molecule has 0 aliphatic carbocycles. The number of urea groups is 1. The predicted octanol–water partition coefficient (Wildman–Crippen LogP) is 3.14. The zero-order valence-corrected chi connectivity index (χ0v) is 13.0. The third-order valence-corrected chi connectivity index (χ3v) is 3.52. The summed E-state index contributed by atoms with van der Waals surface area (Å²) < 4.78 is 1.75. The number of hydrogen-bond donors (Lipinski definition) is 2. The number of amides is 2. The smallest absolute Gasteiger partial charge is 0.319 e. The molecule has 0 spiro atoms. The van der Waals surface area contributed by atoms with Crippen LogP contribution in [0, 0.1) is 6.92 Å². The third kappa shape index (κ3) is 3.72. The lowest BCUT2D eigenvalue weighted by molar-refractivity contribution is 0.248. The van der Waals surface area contributed by atoms with Gasteiger partial charge in [0.25, 0.3) is 0 Å². The van der Waals surface area contributed by atoms with Gasteiger partial charge >= 0.3 is 6.03 Å². The molecule has 2 amide bonds. The maximum absolute atomic E-state index is 12.0. The molecule has 1 heterocycles. The Morgan fingerprint density at radius 2 is 2.24 bits per heavy atom. The van der Waals surface area contributed by atoms with Crippen LogP contribution >= 0.6 is 11.6 Å². The Balaban J connectivity index is 1.99. The molecule has 7 heteroatoms. The molecule has 1 atom stereocenters. The summed E-state index contributed by atoms with van der Waals surface area (Å²) in [6, 6.07) is 4.80. The van der Waals surface area contributed by atoms with Gasteiger partial charge in [-0.1, -0.05) is 11.6 Å². The zero-order chi connectivity index (χ0) is 15.4. The van der Waals surface area contributed by atoms with Gasteiger partial charge in [-0.2, -0.15) is 5.10 Å². The summed E-state index contributed by atoms with van der Waals surface area (Å²) in [6.45, 7) is 6.43. The number of anilines is 1. The molecular weight excluding hydrogens is 290 g/mol. The van der Waals surface area contributed by atoms with Crippen molar-refractivity contribution >= 4 is 23.3 Å². The molecular formula is C14H18ClN5O. The van der Waals surface area contributed by atoms with Crippen LogP contribution in [0.2, 0.25) is 5.02 Å². The van der Waals surface area contributed by atoms with E-state index < -0.39 is 0 Å². The number of benzene rings is 1. The molecule has 0 saturated heterocycles. The number of aryl methyl sites for hydroxylation is 2. The minimum Gasteiger partial charge on any atom is -0.328 e. The van der Waals surface area contributed by atoms with Crippen LogP contribution in [0.25, 0.3) is 0 Å². The van der Waals surface area contributed by atoms with E-state index in [1.807, 2.05) is 26.8 Å². The molecule has 21 heavy (non-hydrogen) atoms. The molecule has 0 unspecified atom stereocenters. The Hall–Kier alpha value is -2.08. The lowest BCUT2D eigenvalue weighted by Crippen LogP contribution is -2.32. The summed E-state index contributed by atoms with van der Waals surface area (Å²) in [5, 5.41) is 10.4. The number of nitrogens with zero attached hydrogens (tertiary/aromatic N) is 3. The van der Waals surface area contributed by atoms with Crippen molar-refractivity contribution in [1.29, 1.82) is 0 Å². The van der Waals surface area contributed by atoms with Gasteiger partial charge in [-0.25, -0.2) is 14.5 Å².